The Labute approximate surface area is 211 Å². The molecule has 0 spiro atoms. The van der Waals surface area contributed by atoms with E-state index in [1.807, 2.05) is 12.1 Å². The molecule has 0 N–H and O–H groups in total. The summed E-state index contributed by atoms with van der Waals surface area (Å²) < 4.78 is 16.1. The van der Waals surface area contributed by atoms with Crippen LogP contribution in [-0.4, -0.2) is 76.9 Å². The molecule has 2 amide bonds. The number of piperazine rings is 1. The van der Waals surface area contributed by atoms with E-state index in [-0.39, 0.29) is 12.5 Å². The van der Waals surface area contributed by atoms with Crippen LogP contribution in [0.1, 0.15) is 53.5 Å². The first kappa shape index (κ1) is 28.5. The lowest BCUT2D eigenvalue weighted by Gasteiger charge is -2.42. The van der Waals surface area contributed by atoms with Crippen molar-refractivity contribution < 1.29 is 33.4 Å². The molecule has 0 bridgehead atoms. The van der Waals surface area contributed by atoms with Gasteiger partial charge in [0, 0.05) is 12.8 Å². The Bertz CT molecular complexity index is 935. The van der Waals surface area contributed by atoms with E-state index in [0.29, 0.717) is 11.5 Å². The molecule has 1 aliphatic rings. The molecular weight excluding hydrogens is 472 g/mol. The number of carbonyl (C=O) groups is 4. The summed E-state index contributed by atoms with van der Waals surface area (Å²) in [6.45, 7) is 10.0. The lowest BCUT2D eigenvalue weighted by atomic mass is 10.1. The van der Waals surface area contributed by atoms with Gasteiger partial charge in [-0.2, -0.15) is 0 Å². The predicted octanol–water partition coefficient (Wildman–Crippen LogP) is 3.00. The Morgan fingerprint density at radius 3 is 2.11 bits per heavy atom. The maximum atomic E-state index is 13.2. The van der Waals surface area contributed by atoms with E-state index in [1.54, 1.807) is 60.8 Å². The number of rotatable bonds is 8. The van der Waals surface area contributed by atoms with Gasteiger partial charge in [-0.25, -0.2) is 4.79 Å². The lowest BCUT2D eigenvalue weighted by Crippen LogP contribution is -2.63. The molecule has 2 rings (SSSR count). The molecule has 35 heavy (non-hydrogen) atoms. The summed E-state index contributed by atoms with van der Waals surface area (Å²) in [4.78, 5) is 54.8. The highest BCUT2D eigenvalue weighted by Crippen LogP contribution is 2.30. The summed E-state index contributed by atoms with van der Waals surface area (Å²) in [6.07, 6.45) is -0.422. The van der Waals surface area contributed by atoms with Crippen LogP contribution in [-0.2, 0) is 34.4 Å². The highest BCUT2D eigenvalue weighted by atomic mass is 32.2. The third kappa shape index (κ3) is 8.45. The molecule has 1 aromatic carbocycles. The zero-order valence-corrected chi connectivity index (χ0v) is 22.6. The molecule has 2 atom stereocenters. The van der Waals surface area contributed by atoms with Crippen molar-refractivity contribution in [3.05, 3.63) is 29.8 Å². The molecule has 194 valence electrons. The van der Waals surface area contributed by atoms with Crippen LogP contribution < -0.4 is 4.74 Å². The second-order valence-corrected chi connectivity index (χ2v) is 11.4. The number of carbonyl (C=O) groups excluding carboxylic acids is 4. The number of likely N-dealkylation sites (N-methyl/N-ethyl adjacent to an activating group) is 1. The molecule has 1 aliphatic heterocycles. The molecule has 1 unspecified atom stereocenters. The SMILES string of the molecule is COc1ccc(CSC2C(=O)N(C)CC(=O)N2[C@@H](CC(=O)OC(C)(C)C)C(=O)OC(C)(C)C)cc1. The minimum absolute atomic E-state index is 0.202. The molecule has 1 aromatic rings. The van der Waals surface area contributed by atoms with Gasteiger partial charge in [0.15, 0.2) is 5.37 Å². The highest BCUT2D eigenvalue weighted by Gasteiger charge is 2.46. The van der Waals surface area contributed by atoms with Crippen LogP contribution in [0, 0.1) is 0 Å². The quantitative estimate of drug-likeness (QED) is 0.494. The number of amides is 2. The minimum Gasteiger partial charge on any atom is -0.497 e. The van der Waals surface area contributed by atoms with E-state index >= 15 is 0 Å². The third-order valence-electron chi connectivity index (χ3n) is 4.86. The number of hydrogen-bond acceptors (Lipinski definition) is 8. The summed E-state index contributed by atoms with van der Waals surface area (Å²) in [5.41, 5.74) is -0.723. The summed E-state index contributed by atoms with van der Waals surface area (Å²) in [7, 11) is 3.11. The van der Waals surface area contributed by atoms with Gasteiger partial charge in [0.25, 0.3) is 5.91 Å². The monoisotopic (exact) mass is 508 g/mol. The van der Waals surface area contributed by atoms with Gasteiger partial charge < -0.3 is 24.0 Å². The molecule has 0 radical (unpaired) electrons. The Balaban J connectivity index is 2.37. The normalized spacial score (nSPS) is 17.8. The predicted molar refractivity (Wildman–Crippen MR) is 133 cm³/mol. The molecule has 1 heterocycles. The van der Waals surface area contributed by atoms with Crippen LogP contribution in [0.2, 0.25) is 0 Å². The van der Waals surface area contributed by atoms with E-state index in [1.165, 1.54) is 28.6 Å². The molecule has 10 heteroatoms. The van der Waals surface area contributed by atoms with Crippen molar-refractivity contribution in [2.45, 2.75) is 76.3 Å². The van der Waals surface area contributed by atoms with Crippen molar-refractivity contribution in [3.63, 3.8) is 0 Å². The van der Waals surface area contributed by atoms with Gasteiger partial charge in [0.1, 0.15) is 23.0 Å². The second kappa shape index (κ2) is 11.3. The van der Waals surface area contributed by atoms with Crippen molar-refractivity contribution in [1.82, 2.24) is 9.80 Å². The number of hydrogen-bond donors (Lipinski definition) is 0. The van der Waals surface area contributed by atoms with Crippen LogP contribution >= 0.6 is 11.8 Å². The van der Waals surface area contributed by atoms with Gasteiger partial charge in [-0.1, -0.05) is 12.1 Å². The fourth-order valence-corrected chi connectivity index (χ4v) is 4.68. The molecule has 0 aliphatic carbocycles. The van der Waals surface area contributed by atoms with E-state index in [0.717, 1.165) is 5.56 Å². The summed E-state index contributed by atoms with van der Waals surface area (Å²) in [5, 5.41) is -1.01. The second-order valence-electron chi connectivity index (χ2n) is 10.3. The van der Waals surface area contributed by atoms with Crippen LogP contribution in [0.4, 0.5) is 0 Å². The zero-order valence-electron chi connectivity index (χ0n) is 21.7. The smallest absolute Gasteiger partial charge is 0.330 e. The molecular formula is C25H36N2O7S. The maximum absolute atomic E-state index is 13.2. The lowest BCUT2D eigenvalue weighted by molar-refractivity contribution is -0.174. The van der Waals surface area contributed by atoms with Gasteiger partial charge in [-0.05, 0) is 59.2 Å². The fourth-order valence-electron chi connectivity index (χ4n) is 3.39. The largest absolute Gasteiger partial charge is 0.497 e. The van der Waals surface area contributed by atoms with E-state index in [4.69, 9.17) is 14.2 Å². The van der Waals surface area contributed by atoms with E-state index in [2.05, 4.69) is 0 Å². The third-order valence-corrected chi connectivity index (χ3v) is 6.11. The van der Waals surface area contributed by atoms with Crippen molar-refractivity contribution in [2.75, 3.05) is 20.7 Å². The highest BCUT2D eigenvalue weighted by molar-refractivity contribution is 7.99. The van der Waals surface area contributed by atoms with E-state index < -0.39 is 46.9 Å². The average molecular weight is 509 g/mol. The Morgan fingerprint density at radius 1 is 1.03 bits per heavy atom. The van der Waals surface area contributed by atoms with Crippen LogP contribution in [0.3, 0.4) is 0 Å². The van der Waals surface area contributed by atoms with Crippen molar-refractivity contribution in [2.24, 2.45) is 0 Å². The van der Waals surface area contributed by atoms with Crippen molar-refractivity contribution in [1.29, 1.82) is 0 Å². The number of ether oxygens (including phenoxy) is 3. The number of benzene rings is 1. The van der Waals surface area contributed by atoms with Crippen LogP contribution in [0.5, 0.6) is 5.75 Å². The van der Waals surface area contributed by atoms with Gasteiger partial charge in [-0.3, -0.25) is 14.4 Å². The maximum Gasteiger partial charge on any atom is 0.330 e. The average Bonchev–Trinajstić information content (AvgIpc) is 2.71. The first-order valence-electron chi connectivity index (χ1n) is 11.4. The Morgan fingerprint density at radius 2 is 1.60 bits per heavy atom. The topological polar surface area (TPSA) is 102 Å². The van der Waals surface area contributed by atoms with Gasteiger partial charge in [-0.15, -0.1) is 11.8 Å². The van der Waals surface area contributed by atoms with Gasteiger partial charge in [0.05, 0.1) is 20.1 Å². The molecule has 0 aromatic heterocycles. The standard InChI is InChI=1S/C25H36N2O7S/c1-24(2,3)33-20(29)13-18(23(31)34-25(4,5)6)27-19(28)14-26(7)21(30)22(27)35-15-16-9-11-17(32-8)12-10-16/h9-12,18,22H,13-15H2,1-8H3/t18-,22?/m0/s1. The summed E-state index contributed by atoms with van der Waals surface area (Å²) in [6, 6.07) is 6.03. The summed E-state index contributed by atoms with van der Waals surface area (Å²) in [5.74, 6) is -1.10. The van der Waals surface area contributed by atoms with Gasteiger partial charge >= 0.3 is 11.9 Å². The molecule has 0 saturated carbocycles. The number of thioether (sulfide) groups is 1. The number of esters is 2. The van der Waals surface area contributed by atoms with Crippen molar-refractivity contribution >= 4 is 35.5 Å². The first-order valence-corrected chi connectivity index (χ1v) is 12.4. The molecule has 1 saturated heterocycles. The summed E-state index contributed by atoms with van der Waals surface area (Å²) >= 11 is 1.20. The van der Waals surface area contributed by atoms with Crippen molar-refractivity contribution in [3.8, 4) is 5.75 Å². The Hall–Kier alpha value is -2.75. The van der Waals surface area contributed by atoms with Gasteiger partial charge in [0.2, 0.25) is 5.91 Å². The first-order chi connectivity index (χ1) is 16.1. The van der Waals surface area contributed by atoms with Crippen LogP contribution in [0.15, 0.2) is 24.3 Å². The zero-order chi connectivity index (χ0) is 26.6. The Kier molecular flexibility index (Phi) is 9.22. The van der Waals surface area contributed by atoms with E-state index in [9.17, 15) is 19.2 Å². The van der Waals surface area contributed by atoms with Crippen LogP contribution in [0.25, 0.3) is 0 Å². The number of methoxy groups -OCH3 is 1. The number of nitrogens with zero attached hydrogens (tertiary/aromatic N) is 2. The molecule has 9 nitrogen and oxygen atoms in total. The molecule has 1 fully saturated rings. The minimum atomic E-state index is -1.30. The fraction of sp³-hybridized carbons (Fsp3) is 0.600.